The van der Waals surface area contributed by atoms with Gasteiger partial charge in [-0.1, -0.05) is 17.3 Å². The molecule has 1 N–H and O–H groups in total. The summed E-state index contributed by atoms with van der Waals surface area (Å²) in [5.74, 6) is 0.132. The van der Waals surface area contributed by atoms with E-state index in [0.29, 0.717) is 28.1 Å². The number of benzene rings is 2. The van der Waals surface area contributed by atoms with E-state index in [4.69, 9.17) is 13.9 Å². The van der Waals surface area contributed by atoms with E-state index in [-0.39, 0.29) is 23.1 Å². The first kappa shape index (κ1) is 18.4. The van der Waals surface area contributed by atoms with Crippen LogP contribution >= 0.6 is 0 Å². The Bertz CT molecular complexity index is 1170. The average molecular weight is 394 g/mol. The van der Waals surface area contributed by atoms with Crippen LogP contribution in [0.15, 0.2) is 57.7 Å². The second-order valence-corrected chi connectivity index (χ2v) is 6.18. The highest BCUT2D eigenvalue weighted by molar-refractivity contribution is 6.04. The molecule has 0 aliphatic carbocycles. The van der Waals surface area contributed by atoms with E-state index in [1.807, 2.05) is 0 Å². The summed E-state index contributed by atoms with van der Waals surface area (Å²) in [5, 5.41) is 13.9. The highest BCUT2D eigenvalue weighted by Gasteiger charge is 2.19. The van der Waals surface area contributed by atoms with Crippen LogP contribution in [-0.4, -0.2) is 28.5 Å². The molecule has 2 aromatic carbocycles. The lowest BCUT2D eigenvalue weighted by Gasteiger charge is -2.02. The Balaban J connectivity index is 1.54. The summed E-state index contributed by atoms with van der Waals surface area (Å²) >= 11 is 0. The van der Waals surface area contributed by atoms with Gasteiger partial charge in [0.2, 0.25) is 5.82 Å². The highest BCUT2D eigenvalue weighted by atomic mass is 19.1. The van der Waals surface area contributed by atoms with Crippen molar-refractivity contribution >= 4 is 11.7 Å². The molecule has 146 valence electrons. The second kappa shape index (κ2) is 7.55. The van der Waals surface area contributed by atoms with Gasteiger partial charge in [-0.25, -0.2) is 9.02 Å². The summed E-state index contributed by atoms with van der Waals surface area (Å²) in [6, 6.07) is 13.1. The van der Waals surface area contributed by atoms with Gasteiger partial charge >= 0.3 is 0 Å². The van der Waals surface area contributed by atoms with Gasteiger partial charge in [0, 0.05) is 17.2 Å². The van der Waals surface area contributed by atoms with E-state index in [0.717, 1.165) is 0 Å². The van der Waals surface area contributed by atoms with Crippen molar-refractivity contribution in [3.05, 3.63) is 65.6 Å². The molecule has 0 atom stereocenters. The first-order chi connectivity index (χ1) is 14.0. The molecule has 9 heteroatoms. The van der Waals surface area contributed by atoms with Crippen molar-refractivity contribution in [1.29, 1.82) is 0 Å². The fraction of sp³-hybridized carbons (Fsp3) is 0.100. The maximum Gasteiger partial charge on any atom is 0.279 e. The lowest BCUT2D eigenvalue weighted by molar-refractivity contribution is 0.101. The van der Waals surface area contributed by atoms with E-state index < -0.39 is 5.91 Å². The predicted octanol–water partition coefficient (Wildman–Crippen LogP) is 4.10. The highest BCUT2D eigenvalue weighted by Crippen LogP contribution is 2.27. The Labute approximate surface area is 164 Å². The molecular weight excluding hydrogens is 379 g/mol. The molecule has 0 bridgehead atoms. The molecule has 2 heterocycles. The minimum Gasteiger partial charge on any atom is -0.497 e. The summed E-state index contributed by atoms with van der Waals surface area (Å²) in [4.78, 5) is 12.5. The summed E-state index contributed by atoms with van der Waals surface area (Å²) in [5.41, 5.74) is 2.02. The largest absolute Gasteiger partial charge is 0.497 e. The van der Waals surface area contributed by atoms with Crippen LogP contribution in [0.25, 0.3) is 22.6 Å². The van der Waals surface area contributed by atoms with Crippen molar-refractivity contribution in [2.45, 2.75) is 6.92 Å². The van der Waals surface area contributed by atoms with Crippen LogP contribution in [0.4, 0.5) is 10.2 Å². The molecule has 4 rings (SSSR count). The number of nitrogens with one attached hydrogen (secondary N) is 1. The van der Waals surface area contributed by atoms with Crippen molar-refractivity contribution in [1.82, 2.24) is 15.5 Å². The van der Waals surface area contributed by atoms with Crippen LogP contribution in [0.2, 0.25) is 0 Å². The zero-order chi connectivity index (χ0) is 20.4. The number of aromatic nitrogens is 3. The van der Waals surface area contributed by atoms with Crippen molar-refractivity contribution < 1.29 is 23.1 Å². The van der Waals surface area contributed by atoms with E-state index in [9.17, 15) is 9.18 Å². The molecule has 29 heavy (non-hydrogen) atoms. The van der Waals surface area contributed by atoms with Crippen LogP contribution < -0.4 is 10.1 Å². The molecule has 4 aromatic rings. The molecule has 0 spiro atoms. The third-order valence-corrected chi connectivity index (χ3v) is 4.28. The maximum absolute atomic E-state index is 13.8. The number of carbonyl (C=O) groups excluding carboxylic acids is 1. The van der Waals surface area contributed by atoms with Crippen LogP contribution in [-0.2, 0) is 0 Å². The van der Waals surface area contributed by atoms with Crippen molar-refractivity contribution in [3.8, 4) is 28.3 Å². The lowest BCUT2D eigenvalue weighted by Crippen LogP contribution is -2.13. The van der Waals surface area contributed by atoms with E-state index in [2.05, 4.69) is 20.8 Å². The van der Waals surface area contributed by atoms with Crippen LogP contribution in [0.3, 0.4) is 0 Å². The smallest absolute Gasteiger partial charge is 0.279 e. The molecule has 8 nitrogen and oxygen atoms in total. The number of hydrogen-bond donors (Lipinski definition) is 1. The molecule has 2 aromatic heterocycles. The maximum atomic E-state index is 13.8. The van der Waals surface area contributed by atoms with Crippen LogP contribution in [0, 0.1) is 12.7 Å². The summed E-state index contributed by atoms with van der Waals surface area (Å²) in [6.45, 7) is 1.66. The summed E-state index contributed by atoms with van der Waals surface area (Å²) in [7, 11) is 1.56. The first-order valence-corrected chi connectivity index (χ1v) is 8.56. The molecule has 1 amide bonds. The standard InChI is InChI=1S/C20H15FN4O4/c1-11-3-4-13(9-15(11)21)17-10-16(23-28-17)20(26)22-19-18(24-29-25-19)12-5-7-14(27-2)8-6-12/h3-10H,1-2H3,(H,22,25,26). The van der Waals surface area contributed by atoms with Gasteiger partial charge in [0.05, 0.1) is 7.11 Å². The Kier molecular flexibility index (Phi) is 4.78. The Morgan fingerprint density at radius 3 is 2.52 bits per heavy atom. The van der Waals surface area contributed by atoms with E-state index in [1.54, 1.807) is 50.4 Å². The normalized spacial score (nSPS) is 10.7. The second-order valence-electron chi connectivity index (χ2n) is 6.18. The number of ether oxygens (including phenoxy) is 1. The van der Waals surface area contributed by atoms with Gasteiger partial charge in [-0.15, -0.1) is 0 Å². The SMILES string of the molecule is COc1ccc(-c2nonc2NC(=O)c2cc(-c3ccc(C)c(F)c3)on2)cc1. The number of amides is 1. The number of halogens is 1. The predicted molar refractivity (Wildman–Crippen MR) is 101 cm³/mol. The fourth-order valence-electron chi connectivity index (χ4n) is 2.64. The van der Waals surface area contributed by atoms with Crippen molar-refractivity contribution in [3.63, 3.8) is 0 Å². The molecule has 0 saturated heterocycles. The van der Waals surface area contributed by atoms with Gasteiger partial charge in [-0.3, -0.25) is 4.79 Å². The zero-order valence-corrected chi connectivity index (χ0v) is 15.5. The molecule has 0 fully saturated rings. The third kappa shape index (κ3) is 3.70. The fourth-order valence-corrected chi connectivity index (χ4v) is 2.64. The zero-order valence-electron chi connectivity index (χ0n) is 15.5. The number of hydrogen-bond acceptors (Lipinski definition) is 7. The molecular formula is C20H15FN4O4. The van der Waals surface area contributed by atoms with Gasteiger partial charge in [0.1, 0.15) is 11.6 Å². The van der Waals surface area contributed by atoms with Gasteiger partial charge < -0.3 is 14.6 Å². The van der Waals surface area contributed by atoms with Gasteiger partial charge in [-0.2, -0.15) is 0 Å². The number of rotatable bonds is 5. The summed E-state index contributed by atoms with van der Waals surface area (Å²) < 4.78 is 28.8. The van der Waals surface area contributed by atoms with E-state index in [1.165, 1.54) is 12.1 Å². The minimum absolute atomic E-state index is 0.00432. The Hall–Kier alpha value is -4.01. The number of anilines is 1. The lowest BCUT2D eigenvalue weighted by atomic mass is 10.1. The molecule has 0 radical (unpaired) electrons. The monoisotopic (exact) mass is 394 g/mol. The molecule has 0 aliphatic rings. The molecule has 0 saturated carbocycles. The van der Waals surface area contributed by atoms with Crippen molar-refractivity contribution in [2.75, 3.05) is 12.4 Å². The summed E-state index contributed by atoms with van der Waals surface area (Å²) in [6.07, 6.45) is 0. The quantitative estimate of drug-likeness (QED) is 0.543. The number of methoxy groups -OCH3 is 1. The topological polar surface area (TPSA) is 103 Å². The van der Waals surface area contributed by atoms with Crippen molar-refractivity contribution in [2.24, 2.45) is 0 Å². The van der Waals surface area contributed by atoms with Crippen LogP contribution in [0.5, 0.6) is 5.75 Å². The van der Waals surface area contributed by atoms with Gasteiger partial charge in [-0.05, 0) is 53.1 Å². The Morgan fingerprint density at radius 2 is 1.79 bits per heavy atom. The van der Waals surface area contributed by atoms with Gasteiger partial charge in [0.15, 0.2) is 17.1 Å². The number of aryl methyl sites for hydroxylation is 1. The van der Waals surface area contributed by atoms with Gasteiger partial charge in [0.25, 0.3) is 5.91 Å². The number of nitrogens with zero attached hydrogens (tertiary/aromatic N) is 3. The number of carbonyl (C=O) groups is 1. The minimum atomic E-state index is -0.571. The molecule has 0 unspecified atom stereocenters. The Morgan fingerprint density at radius 1 is 1.03 bits per heavy atom. The van der Waals surface area contributed by atoms with E-state index >= 15 is 0 Å². The molecule has 0 aliphatic heterocycles. The third-order valence-electron chi connectivity index (χ3n) is 4.28. The van der Waals surface area contributed by atoms with Crippen LogP contribution in [0.1, 0.15) is 16.1 Å². The first-order valence-electron chi connectivity index (χ1n) is 8.56. The average Bonchev–Trinajstić information content (AvgIpc) is 3.40.